The molecule has 0 amide bonds. The normalized spacial score (nSPS) is 10.5. The number of methoxy groups -OCH3 is 3. The van der Waals surface area contributed by atoms with Crippen molar-refractivity contribution in [3.63, 3.8) is 0 Å². The molecule has 2 aromatic heterocycles. The van der Waals surface area contributed by atoms with Crippen molar-refractivity contribution >= 4 is 26.6 Å². The highest BCUT2D eigenvalue weighted by molar-refractivity contribution is 7.22. The van der Waals surface area contributed by atoms with Crippen LogP contribution in [0.2, 0.25) is 0 Å². The molecule has 1 aromatic carbocycles. The van der Waals surface area contributed by atoms with Gasteiger partial charge in [0.25, 0.3) is 5.56 Å². The van der Waals surface area contributed by atoms with Crippen LogP contribution in [0.15, 0.2) is 16.9 Å². The number of ether oxygens (including phenoxy) is 3. The van der Waals surface area contributed by atoms with E-state index in [9.17, 15) is 4.79 Å². The van der Waals surface area contributed by atoms with E-state index in [1.165, 1.54) is 32.7 Å². The SMILES string of the molecule is [C-]#[N+]c1sc2nc(-c3cc(OC)c(OC)c(OC)c3)[nH]c(=O)c2c1C. The molecule has 0 saturated carbocycles. The summed E-state index contributed by atoms with van der Waals surface area (Å²) in [5.41, 5.74) is 0.988. The van der Waals surface area contributed by atoms with E-state index in [1.807, 2.05) is 0 Å². The lowest BCUT2D eigenvalue weighted by Gasteiger charge is -2.13. The fourth-order valence-corrected chi connectivity index (χ4v) is 3.56. The zero-order valence-electron chi connectivity index (χ0n) is 14.1. The summed E-state index contributed by atoms with van der Waals surface area (Å²) in [7, 11) is 4.56. The van der Waals surface area contributed by atoms with Crippen molar-refractivity contribution < 1.29 is 14.2 Å². The molecule has 0 bridgehead atoms. The number of H-pyrrole nitrogens is 1. The monoisotopic (exact) mass is 357 g/mol. The average molecular weight is 357 g/mol. The minimum atomic E-state index is -0.280. The Hall–Kier alpha value is -3.05. The van der Waals surface area contributed by atoms with Crippen LogP contribution in [0, 0.1) is 13.5 Å². The summed E-state index contributed by atoms with van der Waals surface area (Å²) in [5.74, 6) is 1.75. The highest BCUT2D eigenvalue weighted by Gasteiger charge is 2.18. The number of fused-ring (bicyclic) bond motifs is 1. The van der Waals surface area contributed by atoms with Crippen LogP contribution in [-0.4, -0.2) is 31.3 Å². The lowest BCUT2D eigenvalue weighted by Crippen LogP contribution is -2.09. The molecule has 2 heterocycles. The van der Waals surface area contributed by atoms with E-state index in [0.717, 1.165) is 0 Å². The third kappa shape index (κ3) is 2.68. The number of rotatable bonds is 4. The second-order valence-corrected chi connectivity index (χ2v) is 6.13. The molecule has 1 N–H and O–H groups in total. The van der Waals surface area contributed by atoms with Crippen molar-refractivity contribution in [1.82, 2.24) is 9.97 Å². The summed E-state index contributed by atoms with van der Waals surface area (Å²) in [5, 5.41) is 0.919. The minimum absolute atomic E-state index is 0.280. The van der Waals surface area contributed by atoms with Gasteiger partial charge in [0.05, 0.1) is 33.3 Å². The smallest absolute Gasteiger partial charge is 0.258 e. The van der Waals surface area contributed by atoms with Crippen molar-refractivity contribution in [3.05, 3.63) is 39.5 Å². The molecule has 8 heteroatoms. The van der Waals surface area contributed by atoms with Gasteiger partial charge in [0.15, 0.2) is 11.5 Å². The molecular formula is C17H15N3O4S. The molecule has 0 aliphatic rings. The van der Waals surface area contributed by atoms with Gasteiger partial charge in [-0.2, -0.15) is 0 Å². The zero-order chi connectivity index (χ0) is 18.1. The molecule has 0 radical (unpaired) electrons. The number of nitrogens with zero attached hydrogens (tertiary/aromatic N) is 2. The van der Waals surface area contributed by atoms with Crippen LogP contribution in [-0.2, 0) is 0 Å². The number of benzene rings is 1. The Morgan fingerprint density at radius 3 is 2.32 bits per heavy atom. The van der Waals surface area contributed by atoms with Gasteiger partial charge < -0.3 is 19.2 Å². The largest absolute Gasteiger partial charge is 0.493 e. The maximum Gasteiger partial charge on any atom is 0.258 e. The number of aryl methyl sites for hydroxylation is 1. The number of hydrogen-bond donors (Lipinski definition) is 1. The Kier molecular flexibility index (Phi) is 4.33. The standard InChI is InChI=1S/C17H15N3O4S/c1-8-12-15(21)19-14(20-17(12)25-16(8)18-2)9-6-10(22-3)13(24-5)11(7-9)23-4/h6-7H,1,3-5H3,(H,19,20,21). The second-order valence-electron chi connectivity index (χ2n) is 5.15. The van der Waals surface area contributed by atoms with E-state index in [2.05, 4.69) is 14.8 Å². The summed E-state index contributed by atoms with van der Waals surface area (Å²) in [6.45, 7) is 8.96. The van der Waals surface area contributed by atoms with Gasteiger partial charge in [0, 0.05) is 5.56 Å². The van der Waals surface area contributed by atoms with Gasteiger partial charge in [0.1, 0.15) is 10.7 Å². The number of hydrogen-bond acceptors (Lipinski definition) is 6. The van der Waals surface area contributed by atoms with Gasteiger partial charge in [-0.1, -0.05) is 0 Å². The van der Waals surface area contributed by atoms with Gasteiger partial charge in [-0.25, -0.2) is 9.83 Å². The average Bonchev–Trinajstić information content (AvgIpc) is 2.96. The van der Waals surface area contributed by atoms with Gasteiger partial charge in [0.2, 0.25) is 10.8 Å². The quantitative estimate of drug-likeness (QED) is 0.723. The molecule has 128 valence electrons. The van der Waals surface area contributed by atoms with Crippen LogP contribution in [0.25, 0.3) is 26.4 Å². The van der Waals surface area contributed by atoms with E-state index >= 15 is 0 Å². The Balaban J connectivity index is 2.27. The molecule has 3 aromatic rings. The predicted octanol–water partition coefficient (Wildman–Crippen LogP) is 3.54. The maximum atomic E-state index is 12.5. The molecular weight excluding hydrogens is 342 g/mol. The molecule has 0 saturated heterocycles. The molecule has 0 aliphatic carbocycles. The summed E-state index contributed by atoms with van der Waals surface area (Å²) in [6.07, 6.45) is 0. The molecule has 3 rings (SSSR count). The number of nitrogens with one attached hydrogen (secondary N) is 1. The van der Waals surface area contributed by atoms with Crippen LogP contribution >= 0.6 is 11.3 Å². The fourth-order valence-electron chi connectivity index (χ4n) is 2.59. The molecule has 25 heavy (non-hydrogen) atoms. The summed E-state index contributed by atoms with van der Waals surface area (Å²) < 4.78 is 16.0. The first-order chi connectivity index (χ1) is 12.0. The molecule has 0 atom stereocenters. The lowest BCUT2D eigenvalue weighted by atomic mass is 10.1. The first kappa shape index (κ1) is 16.8. The van der Waals surface area contributed by atoms with Crippen molar-refractivity contribution in [2.75, 3.05) is 21.3 Å². The topological polar surface area (TPSA) is 77.8 Å². The predicted molar refractivity (Wildman–Crippen MR) is 96.3 cm³/mol. The molecule has 0 unspecified atom stereocenters. The van der Waals surface area contributed by atoms with E-state index in [0.29, 0.717) is 49.4 Å². The summed E-state index contributed by atoms with van der Waals surface area (Å²) >= 11 is 1.20. The number of aromatic nitrogens is 2. The Morgan fingerprint density at radius 2 is 1.80 bits per heavy atom. The van der Waals surface area contributed by atoms with Gasteiger partial charge in [-0.15, -0.1) is 11.3 Å². The second kappa shape index (κ2) is 6.45. The van der Waals surface area contributed by atoms with Gasteiger partial charge in [-0.05, 0) is 24.6 Å². The molecule has 0 spiro atoms. The molecule has 0 fully saturated rings. The fraction of sp³-hybridized carbons (Fsp3) is 0.235. The zero-order valence-corrected chi connectivity index (χ0v) is 14.9. The Morgan fingerprint density at radius 1 is 1.16 bits per heavy atom. The highest BCUT2D eigenvalue weighted by Crippen LogP contribution is 2.41. The van der Waals surface area contributed by atoms with Crippen LogP contribution < -0.4 is 19.8 Å². The van der Waals surface area contributed by atoms with E-state index in [-0.39, 0.29) is 5.56 Å². The lowest BCUT2D eigenvalue weighted by molar-refractivity contribution is 0.324. The van der Waals surface area contributed by atoms with Gasteiger partial charge >= 0.3 is 0 Å². The molecule has 0 aliphatic heterocycles. The Labute approximate surface area is 147 Å². The molecule has 7 nitrogen and oxygen atoms in total. The van der Waals surface area contributed by atoms with Gasteiger partial charge in [-0.3, -0.25) is 4.79 Å². The summed E-state index contributed by atoms with van der Waals surface area (Å²) in [4.78, 5) is 23.7. The van der Waals surface area contributed by atoms with Crippen molar-refractivity contribution in [1.29, 1.82) is 0 Å². The number of aromatic amines is 1. The van der Waals surface area contributed by atoms with E-state index in [1.54, 1.807) is 19.1 Å². The third-order valence-electron chi connectivity index (χ3n) is 3.82. The van der Waals surface area contributed by atoms with E-state index in [4.69, 9.17) is 20.8 Å². The maximum absolute atomic E-state index is 12.5. The summed E-state index contributed by atoms with van der Waals surface area (Å²) in [6, 6.07) is 3.42. The van der Waals surface area contributed by atoms with Crippen LogP contribution in [0.1, 0.15) is 5.56 Å². The highest BCUT2D eigenvalue weighted by atomic mass is 32.1. The van der Waals surface area contributed by atoms with E-state index < -0.39 is 0 Å². The van der Waals surface area contributed by atoms with Crippen molar-refractivity contribution in [2.45, 2.75) is 6.92 Å². The third-order valence-corrected chi connectivity index (χ3v) is 4.89. The minimum Gasteiger partial charge on any atom is -0.493 e. The first-order valence-electron chi connectivity index (χ1n) is 7.25. The van der Waals surface area contributed by atoms with Crippen molar-refractivity contribution in [2.24, 2.45) is 0 Å². The van der Waals surface area contributed by atoms with Crippen molar-refractivity contribution in [3.8, 4) is 28.6 Å². The van der Waals surface area contributed by atoms with Crippen LogP contribution in [0.4, 0.5) is 5.00 Å². The Bertz CT molecular complexity index is 1040. The first-order valence-corrected chi connectivity index (χ1v) is 8.07. The van der Waals surface area contributed by atoms with Crippen LogP contribution in [0.5, 0.6) is 17.2 Å². The van der Waals surface area contributed by atoms with Crippen LogP contribution in [0.3, 0.4) is 0 Å². The number of thiophene rings is 1.